The van der Waals surface area contributed by atoms with Crippen molar-refractivity contribution in [2.45, 2.75) is 112 Å². The number of benzene rings is 6. The van der Waals surface area contributed by atoms with E-state index in [-0.39, 0.29) is 55.5 Å². The van der Waals surface area contributed by atoms with E-state index in [4.69, 9.17) is 15.5 Å². The normalized spacial score (nSPS) is 13.2. The van der Waals surface area contributed by atoms with Gasteiger partial charge in [0.25, 0.3) is 0 Å². The zero-order valence-corrected chi connectivity index (χ0v) is 41.2. The van der Waals surface area contributed by atoms with Gasteiger partial charge in [0, 0.05) is 38.4 Å². The molecule has 0 atom stereocenters. The van der Waals surface area contributed by atoms with E-state index in [1.165, 1.54) is 0 Å². The maximum absolute atomic E-state index is 12.3. The van der Waals surface area contributed by atoms with Crippen LogP contribution in [0, 0.1) is 12.9 Å². The van der Waals surface area contributed by atoms with Gasteiger partial charge in [0.2, 0.25) is 0 Å². The molecule has 0 saturated carbocycles. The molecule has 8 rings (SSSR count). The molecule has 6 aromatic carbocycles. The zero-order chi connectivity index (χ0) is 48.3. The largest absolute Gasteiger partial charge is 0.507 e. The van der Waals surface area contributed by atoms with Crippen molar-refractivity contribution in [1.29, 1.82) is 0 Å². The summed E-state index contributed by atoms with van der Waals surface area (Å²) in [5.41, 5.74) is 14.1. The van der Waals surface area contributed by atoms with Gasteiger partial charge in [-0.15, -0.1) is 29.3 Å². The minimum Gasteiger partial charge on any atom is -0.507 e. The van der Waals surface area contributed by atoms with Gasteiger partial charge in [-0.3, -0.25) is 9.55 Å². The fourth-order valence-corrected chi connectivity index (χ4v) is 8.39. The van der Waals surface area contributed by atoms with Crippen LogP contribution >= 0.6 is 0 Å². The average molecular weight is 1030 g/mol. The summed E-state index contributed by atoms with van der Waals surface area (Å²) in [6.07, 6.45) is 1.84. The van der Waals surface area contributed by atoms with Crippen LogP contribution in [0.1, 0.15) is 139 Å². The smallest absolute Gasteiger partial charge is 0.148 e. The molecule has 5 heteroatoms. The van der Waals surface area contributed by atoms with Crippen molar-refractivity contribution in [3.05, 3.63) is 167 Å². The van der Waals surface area contributed by atoms with Crippen molar-refractivity contribution in [3.8, 4) is 67.5 Å². The quantitative estimate of drug-likeness (QED) is 0.139. The maximum atomic E-state index is 12.3. The number of fused-ring (bicyclic) bond motifs is 1. The first-order chi connectivity index (χ1) is 31.5. The van der Waals surface area contributed by atoms with Gasteiger partial charge < -0.3 is 5.11 Å². The second-order valence-electron chi connectivity index (χ2n) is 19.2. The van der Waals surface area contributed by atoms with Crippen molar-refractivity contribution in [1.82, 2.24) is 14.5 Å². The van der Waals surface area contributed by atoms with Crippen LogP contribution in [0.3, 0.4) is 0 Å². The first-order valence-electron chi connectivity index (χ1n) is 24.3. The molecule has 2 aromatic heterocycles. The zero-order valence-electron chi connectivity index (χ0n) is 43.0. The molecule has 0 amide bonds. The van der Waals surface area contributed by atoms with Gasteiger partial charge in [0.15, 0.2) is 0 Å². The molecule has 8 aromatic rings. The van der Waals surface area contributed by atoms with Crippen molar-refractivity contribution < 1.29 is 31.7 Å². The molecule has 0 unspecified atom stereocenters. The van der Waals surface area contributed by atoms with Crippen molar-refractivity contribution in [2.75, 3.05) is 0 Å². The van der Waals surface area contributed by atoms with E-state index in [9.17, 15) is 5.11 Å². The van der Waals surface area contributed by atoms with Crippen molar-refractivity contribution >= 4 is 11.0 Å². The topological polar surface area (TPSA) is 50.9 Å². The van der Waals surface area contributed by atoms with Gasteiger partial charge in [-0.2, -0.15) is 0 Å². The number of nitrogens with zero attached hydrogens (tertiary/aromatic N) is 3. The number of hydrogen-bond donors (Lipinski definition) is 1. The van der Waals surface area contributed by atoms with Crippen LogP contribution in [0.25, 0.3) is 72.7 Å². The fraction of sp³-hybridized carbons (Fsp3) is 0.288. The molecule has 0 aliphatic rings. The monoisotopic (exact) mass is 1030 g/mol. The first kappa shape index (κ1) is 41.2. The summed E-state index contributed by atoms with van der Waals surface area (Å²) in [5.74, 6) is 0.0502. The van der Waals surface area contributed by atoms with Gasteiger partial charge in [0.05, 0.1) is 22.3 Å². The fourth-order valence-electron chi connectivity index (χ4n) is 8.39. The Kier molecular flexibility index (Phi) is 11.9. The first-order valence-corrected chi connectivity index (χ1v) is 22.3. The van der Waals surface area contributed by atoms with Crippen LogP contribution in [-0.2, 0) is 26.5 Å². The van der Waals surface area contributed by atoms with E-state index in [1.54, 1.807) is 6.07 Å². The van der Waals surface area contributed by atoms with Crippen LogP contribution in [0.2, 0.25) is 0 Å². The minimum atomic E-state index is -2.54. The number of para-hydroxylation sites is 1. The van der Waals surface area contributed by atoms with Gasteiger partial charge in [0.1, 0.15) is 11.6 Å². The number of aromatic nitrogens is 3. The van der Waals surface area contributed by atoms with E-state index in [1.807, 2.05) is 91.3 Å². The summed E-state index contributed by atoms with van der Waals surface area (Å²) < 4.78 is 38.1. The molecule has 2 heterocycles. The molecule has 1 N–H and O–H groups in total. The Hall–Kier alpha value is -5.57. The van der Waals surface area contributed by atoms with Gasteiger partial charge >= 0.3 is 0 Å². The Bertz CT molecular complexity index is 3130. The second-order valence-corrected chi connectivity index (χ2v) is 19.2. The van der Waals surface area contributed by atoms with Gasteiger partial charge in [-0.1, -0.05) is 166 Å². The summed E-state index contributed by atoms with van der Waals surface area (Å²) >= 11 is 0. The number of hydrogen-bond acceptors (Lipinski definition) is 3. The Morgan fingerprint density at radius 3 is 2.00 bits per heavy atom. The number of pyridine rings is 1. The third-order valence-corrected chi connectivity index (χ3v) is 12.3. The van der Waals surface area contributed by atoms with Crippen LogP contribution < -0.4 is 0 Å². The average Bonchev–Trinajstić information content (AvgIpc) is 3.67. The molecule has 0 spiro atoms. The molecule has 0 aliphatic heterocycles. The summed E-state index contributed by atoms with van der Waals surface area (Å²) in [7, 11) is 0. The molecule has 4 nitrogen and oxygen atoms in total. The molecule has 0 fully saturated rings. The SMILES string of the molecule is [2H]C([2H])([2H])c1cc(-c2cc(C(C)C)cc(C([2H])(C)C)c2)ccc1-n1c(-c2cc(C(C)C)cc(C(C)C)c2O)nc2c(-c3[c-]c(-c4cc(-c5ccccc5)ccn4)cc(C(C)(C)C)c3)cccc21.[Pt]. The molecule has 0 radical (unpaired) electrons. The van der Waals surface area contributed by atoms with E-state index in [0.717, 1.165) is 72.5 Å². The molecule has 330 valence electrons. The predicted molar refractivity (Wildman–Crippen MR) is 266 cm³/mol. The number of rotatable bonds is 10. The van der Waals surface area contributed by atoms with Gasteiger partial charge in [-0.05, 0) is 116 Å². The second kappa shape index (κ2) is 18.5. The summed E-state index contributed by atoms with van der Waals surface area (Å²) in [6.45, 7) is 20.5. The van der Waals surface area contributed by atoms with Crippen LogP contribution in [0.4, 0.5) is 0 Å². The summed E-state index contributed by atoms with van der Waals surface area (Å²) in [6, 6.07) is 44.4. The van der Waals surface area contributed by atoms with Crippen LogP contribution in [0.5, 0.6) is 5.75 Å². The number of aromatic hydroxyl groups is 1. The van der Waals surface area contributed by atoms with E-state index < -0.39 is 12.7 Å². The Morgan fingerprint density at radius 1 is 0.641 bits per heavy atom. The number of phenols is 1. The van der Waals surface area contributed by atoms with Crippen LogP contribution in [-0.4, -0.2) is 19.6 Å². The molecule has 0 bridgehead atoms. The minimum absolute atomic E-state index is 0. The number of phenolic OH excluding ortho intramolecular Hbond substituents is 1. The van der Waals surface area contributed by atoms with Crippen molar-refractivity contribution in [3.63, 3.8) is 0 Å². The Labute approximate surface area is 401 Å². The standard InChI is InChI=1S/C59H62N3O.Pt/c1-35(2)43-26-44(36(3)4)28-46(27-43)41-21-22-54(39(9)25-41)62-55-20-16-19-50(56(55)61-58(62)52-33-45(37(5)6)32-51(38(7)8)57(52)63)47-29-48(31-49(30-47)59(10,11)12)53-34-42(23-24-60-53)40-17-14-13-15-18-40;/h13-28,30-38,63H,1-12H3;/q-1;/i9D3,35D;. The number of aryl methyl sites for hydroxylation is 1. The molecular formula is C59H62N3OPt-. The Balaban J connectivity index is 0.00000684. The third kappa shape index (κ3) is 9.18. The maximum Gasteiger partial charge on any atom is 0.148 e. The molecule has 0 saturated heterocycles. The van der Waals surface area contributed by atoms with E-state index >= 15 is 0 Å². The Morgan fingerprint density at radius 2 is 1.33 bits per heavy atom. The summed E-state index contributed by atoms with van der Waals surface area (Å²) in [4.78, 5) is 10.3. The summed E-state index contributed by atoms with van der Waals surface area (Å²) in [5, 5.41) is 12.3. The van der Waals surface area contributed by atoms with Crippen molar-refractivity contribution in [2.24, 2.45) is 0 Å². The van der Waals surface area contributed by atoms with E-state index in [2.05, 4.69) is 117 Å². The predicted octanol–water partition coefficient (Wildman–Crippen LogP) is 16.4. The molecule has 0 aliphatic carbocycles. The van der Waals surface area contributed by atoms with Crippen LogP contribution in [0.15, 0.2) is 128 Å². The van der Waals surface area contributed by atoms with E-state index in [0.29, 0.717) is 28.1 Å². The third-order valence-electron chi connectivity index (χ3n) is 12.3. The molecule has 64 heavy (non-hydrogen) atoms. The number of imidazole rings is 1. The molecular weight excluding hydrogens is 962 g/mol. The van der Waals surface area contributed by atoms with Gasteiger partial charge in [-0.25, -0.2) is 4.98 Å².